The van der Waals surface area contributed by atoms with Crippen molar-refractivity contribution in [1.82, 2.24) is 0 Å². The van der Waals surface area contributed by atoms with Crippen LogP contribution in [-0.4, -0.2) is 6.61 Å². The summed E-state index contributed by atoms with van der Waals surface area (Å²) in [5.41, 5.74) is 2.46. The standard InChI is InChI=1S/C18H22BrIOS/c1-2-3-4-5-6-7-11-21-15-10-8-9-14(12-15)16-13-17(20)22-18(16)19/h8-10,12-13H,2-7,11H2,1H3. The van der Waals surface area contributed by atoms with Crippen molar-refractivity contribution in [2.75, 3.05) is 6.61 Å². The van der Waals surface area contributed by atoms with Crippen molar-refractivity contribution in [1.29, 1.82) is 0 Å². The van der Waals surface area contributed by atoms with E-state index in [1.165, 1.54) is 49.9 Å². The smallest absolute Gasteiger partial charge is 0.119 e. The molecule has 2 rings (SSSR count). The Morgan fingerprint density at radius 3 is 2.59 bits per heavy atom. The third kappa shape index (κ3) is 5.85. The molecule has 0 radical (unpaired) electrons. The molecule has 0 fully saturated rings. The maximum atomic E-state index is 5.91. The molecule has 1 heterocycles. The van der Waals surface area contributed by atoms with Crippen LogP contribution in [0.15, 0.2) is 34.1 Å². The van der Waals surface area contributed by atoms with Gasteiger partial charge in [-0.3, -0.25) is 0 Å². The molecule has 0 aliphatic carbocycles. The molecule has 22 heavy (non-hydrogen) atoms. The van der Waals surface area contributed by atoms with Crippen molar-refractivity contribution in [2.24, 2.45) is 0 Å². The topological polar surface area (TPSA) is 9.23 Å². The van der Waals surface area contributed by atoms with Gasteiger partial charge in [0.05, 0.1) is 13.3 Å². The average Bonchev–Trinajstić information content (AvgIpc) is 2.85. The van der Waals surface area contributed by atoms with Crippen LogP contribution < -0.4 is 4.74 Å². The number of halogens is 2. The summed E-state index contributed by atoms with van der Waals surface area (Å²) >= 11 is 7.77. The van der Waals surface area contributed by atoms with Crippen molar-refractivity contribution in [3.05, 3.63) is 37.0 Å². The maximum absolute atomic E-state index is 5.91. The fourth-order valence-electron chi connectivity index (χ4n) is 2.36. The van der Waals surface area contributed by atoms with E-state index in [2.05, 4.69) is 69.7 Å². The molecule has 1 aromatic heterocycles. The zero-order valence-electron chi connectivity index (χ0n) is 12.9. The van der Waals surface area contributed by atoms with Crippen molar-refractivity contribution in [2.45, 2.75) is 45.4 Å². The maximum Gasteiger partial charge on any atom is 0.119 e. The lowest BCUT2D eigenvalue weighted by molar-refractivity contribution is 0.304. The number of thiophene rings is 1. The molecule has 0 atom stereocenters. The van der Waals surface area contributed by atoms with Gasteiger partial charge in [0.2, 0.25) is 0 Å². The highest BCUT2D eigenvalue weighted by Crippen LogP contribution is 2.37. The molecule has 0 bridgehead atoms. The highest BCUT2D eigenvalue weighted by atomic mass is 127. The summed E-state index contributed by atoms with van der Waals surface area (Å²) in [7, 11) is 0. The van der Waals surface area contributed by atoms with E-state index in [0.29, 0.717) is 0 Å². The Morgan fingerprint density at radius 1 is 1.09 bits per heavy atom. The first-order valence-electron chi connectivity index (χ1n) is 7.88. The minimum atomic E-state index is 0.817. The highest BCUT2D eigenvalue weighted by Gasteiger charge is 2.08. The normalized spacial score (nSPS) is 10.9. The van der Waals surface area contributed by atoms with Gasteiger partial charge in [-0.1, -0.05) is 51.2 Å². The fourth-order valence-corrected chi connectivity index (χ4v) is 5.74. The van der Waals surface area contributed by atoms with Crippen molar-refractivity contribution >= 4 is 49.9 Å². The van der Waals surface area contributed by atoms with Crippen LogP contribution in [-0.2, 0) is 0 Å². The highest BCUT2D eigenvalue weighted by molar-refractivity contribution is 14.1. The zero-order chi connectivity index (χ0) is 15.8. The van der Waals surface area contributed by atoms with Crippen molar-refractivity contribution in [3.8, 4) is 16.9 Å². The van der Waals surface area contributed by atoms with Gasteiger partial charge >= 0.3 is 0 Å². The van der Waals surface area contributed by atoms with Crippen LogP contribution in [0.25, 0.3) is 11.1 Å². The Balaban J connectivity index is 1.83. The Morgan fingerprint density at radius 2 is 1.86 bits per heavy atom. The second-order valence-corrected chi connectivity index (χ2v) is 9.65. The van der Waals surface area contributed by atoms with Gasteiger partial charge in [-0.15, -0.1) is 11.3 Å². The van der Waals surface area contributed by atoms with Crippen LogP contribution >= 0.6 is 49.9 Å². The molecular weight excluding hydrogens is 471 g/mol. The summed E-state index contributed by atoms with van der Waals surface area (Å²) in [6.07, 6.45) is 7.77. The summed E-state index contributed by atoms with van der Waals surface area (Å²) in [5, 5.41) is 0. The predicted molar refractivity (Wildman–Crippen MR) is 109 cm³/mol. The van der Waals surface area contributed by atoms with Crippen molar-refractivity contribution < 1.29 is 4.74 Å². The lowest BCUT2D eigenvalue weighted by Gasteiger charge is -2.08. The van der Waals surface area contributed by atoms with E-state index >= 15 is 0 Å². The van der Waals surface area contributed by atoms with E-state index in [4.69, 9.17) is 4.74 Å². The molecule has 0 unspecified atom stereocenters. The molecule has 0 saturated carbocycles. The molecule has 2 aromatic rings. The molecule has 0 N–H and O–H groups in total. The fraction of sp³-hybridized carbons (Fsp3) is 0.444. The van der Waals surface area contributed by atoms with E-state index in [9.17, 15) is 0 Å². The van der Waals surface area contributed by atoms with Crippen LogP contribution in [0.1, 0.15) is 45.4 Å². The largest absolute Gasteiger partial charge is 0.494 e. The first kappa shape index (κ1) is 18.3. The minimum absolute atomic E-state index is 0.817. The van der Waals surface area contributed by atoms with Gasteiger partial charge in [0.1, 0.15) is 5.75 Å². The zero-order valence-corrected chi connectivity index (χ0v) is 17.5. The summed E-state index contributed by atoms with van der Waals surface area (Å²) in [6.45, 7) is 3.07. The molecule has 0 aliphatic rings. The monoisotopic (exact) mass is 492 g/mol. The summed E-state index contributed by atoms with van der Waals surface area (Å²) < 4.78 is 8.38. The van der Waals surface area contributed by atoms with Gasteiger partial charge in [-0.2, -0.15) is 0 Å². The molecule has 1 nitrogen and oxygen atoms in total. The van der Waals surface area contributed by atoms with Gasteiger partial charge < -0.3 is 4.74 Å². The van der Waals surface area contributed by atoms with Crippen LogP contribution in [0.3, 0.4) is 0 Å². The predicted octanol–water partition coefficient (Wildman–Crippen LogP) is 7.52. The third-order valence-corrected chi connectivity index (χ3v) is 6.17. The number of ether oxygens (including phenoxy) is 1. The lowest BCUT2D eigenvalue weighted by Crippen LogP contribution is -1.97. The van der Waals surface area contributed by atoms with E-state index in [0.717, 1.165) is 18.8 Å². The number of rotatable bonds is 9. The van der Waals surface area contributed by atoms with Crippen LogP contribution in [0.2, 0.25) is 0 Å². The van der Waals surface area contributed by atoms with E-state index < -0.39 is 0 Å². The molecular formula is C18H22BrIOS. The molecule has 0 spiro atoms. The van der Waals surface area contributed by atoms with Gasteiger partial charge in [0.25, 0.3) is 0 Å². The Hall–Kier alpha value is -0.0700. The number of hydrogen-bond acceptors (Lipinski definition) is 2. The number of hydrogen-bond donors (Lipinski definition) is 0. The summed E-state index contributed by atoms with van der Waals surface area (Å²) in [5.74, 6) is 0.971. The first-order valence-corrected chi connectivity index (χ1v) is 10.6. The Labute approximate surface area is 159 Å². The summed E-state index contributed by atoms with van der Waals surface area (Å²) in [6, 6.07) is 10.6. The molecule has 1 aromatic carbocycles. The molecule has 0 aliphatic heterocycles. The van der Waals surface area contributed by atoms with Crippen LogP contribution in [0, 0.1) is 2.88 Å². The Bertz CT molecular complexity index is 582. The molecule has 120 valence electrons. The number of unbranched alkanes of at least 4 members (excludes halogenated alkanes) is 5. The third-order valence-electron chi connectivity index (χ3n) is 3.57. The van der Waals surface area contributed by atoms with E-state index in [-0.39, 0.29) is 0 Å². The van der Waals surface area contributed by atoms with E-state index in [1.54, 1.807) is 11.3 Å². The lowest BCUT2D eigenvalue weighted by atomic mass is 10.1. The van der Waals surface area contributed by atoms with Gasteiger partial charge in [0.15, 0.2) is 0 Å². The average molecular weight is 493 g/mol. The summed E-state index contributed by atoms with van der Waals surface area (Å²) in [4.78, 5) is 0. The SMILES string of the molecule is CCCCCCCCOc1cccc(-c2cc(I)sc2Br)c1. The van der Waals surface area contributed by atoms with Crippen LogP contribution in [0.4, 0.5) is 0 Å². The first-order chi connectivity index (χ1) is 10.7. The quantitative estimate of drug-likeness (QED) is 0.259. The molecule has 0 amide bonds. The number of benzene rings is 1. The molecule has 0 saturated heterocycles. The van der Waals surface area contributed by atoms with Crippen molar-refractivity contribution in [3.63, 3.8) is 0 Å². The van der Waals surface area contributed by atoms with Gasteiger partial charge in [0, 0.05) is 5.56 Å². The molecule has 4 heteroatoms. The van der Waals surface area contributed by atoms with Gasteiger partial charge in [-0.25, -0.2) is 0 Å². The second-order valence-electron chi connectivity index (χ2n) is 5.38. The van der Waals surface area contributed by atoms with Crippen LogP contribution in [0.5, 0.6) is 5.75 Å². The van der Waals surface area contributed by atoms with Gasteiger partial charge in [-0.05, 0) is 68.7 Å². The Kier molecular flexibility index (Phi) is 8.25. The van der Waals surface area contributed by atoms with E-state index in [1.807, 2.05) is 6.07 Å². The minimum Gasteiger partial charge on any atom is -0.494 e. The second kappa shape index (κ2) is 9.93.